The summed E-state index contributed by atoms with van der Waals surface area (Å²) in [7, 11) is 0. The topological polar surface area (TPSA) is 79.0 Å². The molecule has 9 heteroatoms. The average molecular weight is 452 g/mol. The van der Waals surface area contributed by atoms with Crippen molar-refractivity contribution in [3.63, 3.8) is 0 Å². The molecule has 0 fully saturated rings. The van der Waals surface area contributed by atoms with Gasteiger partial charge in [-0.05, 0) is 36.8 Å². The van der Waals surface area contributed by atoms with Gasteiger partial charge in [-0.3, -0.25) is 9.59 Å². The molecule has 3 rings (SSSR count). The molecule has 6 nitrogen and oxygen atoms in total. The predicted molar refractivity (Wildman–Crippen MR) is 116 cm³/mol. The number of halogens is 3. The van der Waals surface area contributed by atoms with Gasteiger partial charge in [0.25, 0.3) is 5.91 Å². The quantitative estimate of drug-likeness (QED) is 0.524. The molecule has 1 amide bonds. The number of hydrogen-bond donors (Lipinski definition) is 0. The molecule has 3 aromatic rings. The van der Waals surface area contributed by atoms with Crippen molar-refractivity contribution in [2.45, 2.75) is 19.6 Å². The molecule has 0 spiro atoms. The molecule has 33 heavy (non-hydrogen) atoms. The first-order chi connectivity index (χ1) is 15.7. The molecule has 0 aliphatic heterocycles. The fourth-order valence-corrected chi connectivity index (χ4v) is 3.27. The average Bonchev–Trinajstić information content (AvgIpc) is 2.78. The zero-order valence-corrected chi connectivity index (χ0v) is 17.6. The number of nitrogens with zero attached hydrogens (tertiary/aromatic N) is 4. The monoisotopic (exact) mass is 452 g/mol. The van der Waals surface area contributed by atoms with Gasteiger partial charge in [0.2, 0.25) is 5.43 Å². The standard InChI is InChI=1S/C24H19F3N4O2/c1-3-12-30(15-18-10-8-17(14-28)9-11-18)23(33)22-21(32)13-16(2)31(29-22)20-7-5-4-6-19(20)24(25,26)27/h3-11,13H,1,12,15H2,2H3. The third-order valence-corrected chi connectivity index (χ3v) is 4.84. The van der Waals surface area contributed by atoms with Crippen LogP contribution in [0.15, 0.2) is 72.0 Å². The van der Waals surface area contributed by atoms with Crippen LogP contribution in [0.5, 0.6) is 0 Å². The van der Waals surface area contributed by atoms with Crippen molar-refractivity contribution in [2.75, 3.05) is 6.54 Å². The lowest BCUT2D eigenvalue weighted by molar-refractivity contribution is -0.137. The van der Waals surface area contributed by atoms with E-state index in [0.717, 1.165) is 16.8 Å². The summed E-state index contributed by atoms with van der Waals surface area (Å²) >= 11 is 0. The highest BCUT2D eigenvalue weighted by Crippen LogP contribution is 2.33. The normalized spacial score (nSPS) is 11.0. The molecule has 2 aromatic carbocycles. The van der Waals surface area contributed by atoms with Gasteiger partial charge < -0.3 is 4.90 Å². The second-order valence-corrected chi connectivity index (χ2v) is 7.21. The van der Waals surface area contributed by atoms with E-state index in [1.165, 1.54) is 36.1 Å². The van der Waals surface area contributed by atoms with Crippen LogP contribution in [0.4, 0.5) is 13.2 Å². The molecule has 0 bridgehead atoms. The van der Waals surface area contributed by atoms with E-state index in [4.69, 9.17) is 5.26 Å². The van der Waals surface area contributed by atoms with Gasteiger partial charge in [0.05, 0.1) is 22.9 Å². The second kappa shape index (κ2) is 9.53. The highest BCUT2D eigenvalue weighted by molar-refractivity contribution is 5.92. The molecule has 1 heterocycles. The summed E-state index contributed by atoms with van der Waals surface area (Å²) in [6, 6.07) is 14.4. The first-order valence-corrected chi connectivity index (χ1v) is 9.82. The minimum absolute atomic E-state index is 0.0764. The van der Waals surface area contributed by atoms with Crippen LogP contribution in [0, 0.1) is 18.3 Å². The maximum atomic E-state index is 13.5. The summed E-state index contributed by atoms with van der Waals surface area (Å²) < 4.78 is 41.5. The fourth-order valence-electron chi connectivity index (χ4n) is 3.27. The number of para-hydroxylation sites is 1. The third-order valence-electron chi connectivity index (χ3n) is 4.84. The van der Waals surface area contributed by atoms with Crippen molar-refractivity contribution in [2.24, 2.45) is 0 Å². The van der Waals surface area contributed by atoms with Crippen molar-refractivity contribution in [3.8, 4) is 11.8 Å². The fraction of sp³-hybridized carbons (Fsp3) is 0.167. The highest BCUT2D eigenvalue weighted by atomic mass is 19.4. The molecule has 0 radical (unpaired) electrons. The molecule has 1 aromatic heterocycles. The van der Waals surface area contributed by atoms with Crippen molar-refractivity contribution in [3.05, 3.63) is 106 Å². The smallest absolute Gasteiger partial charge is 0.329 e. The number of aryl methyl sites for hydroxylation is 1. The number of alkyl halides is 3. The lowest BCUT2D eigenvalue weighted by Gasteiger charge is -2.22. The number of rotatable bonds is 6. The van der Waals surface area contributed by atoms with E-state index in [0.29, 0.717) is 11.1 Å². The van der Waals surface area contributed by atoms with E-state index in [1.54, 1.807) is 24.3 Å². The summed E-state index contributed by atoms with van der Waals surface area (Å²) in [5.41, 5.74) is -1.15. The number of carbonyl (C=O) groups is 1. The number of nitriles is 1. The lowest BCUT2D eigenvalue weighted by Crippen LogP contribution is -2.36. The van der Waals surface area contributed by atoms with Crippen molar-refractivity contribution >= 4 is 5.91 Å². The second-order valence-electron chi connectivity index (χ2n) is 7.21. The molecule has 0 N–H and O–H groups in total. The number of aromatic nitrogens is 2. The van der Waals surface area contributed by atoms with E-state index in [1.807, 2.05) is 6.07 Å². The van der Waals surface area contributed by atoms with Crippen LogP contribution in [0.3, 0.4) is 0 Å². The van der Waals surface area contributed by atoms with Gasteiger partial charge in [0.15, 0.2) is 5.69 Å². The molecule has 0 atom stereocenters. The van der Waals surface area contributed by atoms with E-state index in [2.05, 4.69) is 11.7 Å². The van der Waals surface area contributed by atoms with Crippen molar-refractivity contribution < 1.29 is 18.0 Å². The van der Waals surface area contributed by atoms with E-state index in [-0.39, 0.29) is 24.5 Å². The van der Waals surface area contributed by atoms with Gasteiger partial charge in [0, 0.05) is 24.8 Å². The Morgan fingerprint density at radius 1 is 1.21 bits per heavy atom. The Morgan fingerprint density at radius 2 is 1.88 bits per heavy atom. The van der Waals surface area contributed by atoms with Crippen LogP contribution in [-0.2, 0) is 12.7 Å². The van der Waals surface area contributed by atoms with Crippen LogP contribution in [0.2, 0.25) is 0 Å². The van der Waals surface area contributed by atoms with Crippen LogP contribution < -0.4 is 5.43 Å². The Balaban J connectivity index is 2.05. The summed E-state index contributed by atoms with van der Waals surface area (Å²) in [5, 5.41) is 13.0. The molecule has 0 aliphatic carbocycles. The maximum Gasteiger partial charge on any atom is 0.418 e. The third kappa shape index (κ3) is 5.18. The minimum atomic E-state index is -4.65. The number of amides is 1. The zero-order valence-electron chi connectivity index (χ0n) is 17.6. The van der Waals surface area contributed by atoms with Gasteiger partial charge in [-0.25, -0.2) is 4.68 Å². The van der Waals surface area contributed by atoms with Crippen LogP contribution in [-0.4, -0.2) is 27.1 Å². The van der Waals surface area contributed by atoms with Crippen molar-refractivity contribution in [1.82, 2.24) is 14.7 Å². The lowest BCUT2D eigenvalue weighted by atomic mass is 10.1. The first-order valence-electron chi connectivity index (χ1n) is 9.82. The van der Waals surface area contributed by atoms with Gasteiger partial charge in [-0.2, -0.15) is 23.5 Å². The van der Waals surface area contributed by atoms with E-state index in [9.17, 15) is 22.8 Å². The maximum absolute atomic E-state index is 13.5. The van der Waals surface area contributed by atoms with Crippen LogP contribution in [0.1, 0.15) is 32.9 Å². The van der Waals surface area contributed by atoms with Gasteiger partial charge >= 0.3 is 6.18 Å². The SMILES string of the molecule is C=CCN(Cc1ccc(C#N)cc1)C(=O)c1nn(-c2ccccc2C(F)(F)F)c(C)cc1=O. The molecular formula is C24H19F3N4O2. The number of benzene rings is 2. The molecular weight excluding hydrogens is 433 g/mol. The Hall–Kier alpha value is -4.19. The van der Waals surface area contributed by atoms with Crippen LogP contribution >= 0.6 is 0 Å². The van der Waals surface area contributed by atoms with Crippen molar-refractivity contribution in [1.29, 1.82) is 5.26 Å². The van der Waals surface area contributed by atoms with Gasteiger partial charge in [-0.1, -0.05) is 30.3 Å². The Kier molecular flexibility index (Phi) is 6.78. The zero-order chi connectivity index (χ0) is 24.2. The summed E-state index contributed by atoms with van der Waals surface area (Å²) in [6.45, 7) is 5.22. The predicted octanol–water partition coefficient (Wildman–Crippen LogP) is 4.26. The summed E-state index contributed by atoms with van der Waals surface area (Å²) in [4.78, 5) is 27.1. The number of carbonyl (C=O) groups excluding carboxylic acids is 1. The Morgan fingerprint density at radius 3 is 2.48 bits per heavy atom. The summed E-state index contributed by atoms with van der Waals surface area (Å²) in [6.07, 6.45) is -3.18. The molecule has 0 saturated heterocycles. The molecule has 0 unspecified atom stereocenters. The largest absolute Gasteiger partial charge is 0.418 e. The molecule has 168 valence electrons. The Bertz CT molecular complexity index is 1290. The Labute approximate surface area is 187 Å². The van der Waals surface area contributed by atoms with E-state index < -0.39 is 28.8 Å². The van der Waals surface area contributed by atoms with Crippen LogP contribution in [0.25, 0.3) is 5.69 Å². The highest BCUT2D eigenvalue weighted by Gasteiger charge is 2.34. The summed E-state index contributed by atoms with van der Waals surface area (Å²) in [5.74, 6) is -0.748. The number of hydrogen-bond acceptors (Lipinski definition) is 4. The molecule has 0 saturated carbocycles. The van der Waals surface area contributed by atoms with E-state index >= 15 is 0 Å². The van der Waals surface area contributed by atoms with Gasteiger partial charge in [-0.15, -0.1) is 6.58 Å². The molecule has 0 aliphatic rings. The first kappa shape index (κ1) is 23.5. The van der Waals surface area contributed by atoms with Gasteiger partial charge in [0.1, 0.15) is 0 Å². The minimum Gasteiger partial charge on any atom is -0.329 e.